The number of hydrogen-bond acceptors (Lipinski definition) is 4. The average Bonchev–Trinajstić information content (AvgIpc) is 2.88. The van der Waals surface area contributed by atoms with Crippen LogP contribution in [0.25, 0.3) is 0 Å². The van der Waals surface area contributed by atoms with E-state index in [9.17, 15) is 0 Å². The van der Waals surface area contributed by atoms with Crippen molar-refractivity contribution in [2.45, 2.75) is 76.9 Å². The fraction of sp³-hybridized carbons (Fsp3) is 0.613. The molecule has 1 N–H and O–H groups in total. The van der Waals surface area contributed by atoms with Crippen molar-refractivity contribution in [1.29, 1.82) is 0 Å². The number of nitrogens with zero attached hydrogens (tertiary/aromatic N) is 2. The largest absolute Gasteiger partial charge is 0.493 e. The predicted octanol–water partition coefficient (Wildman–Crippen LogP) is 5.53. The molecule has 4 aliphatic rings. The molecule has 0 bridgehead atoms. The van der Waals surface area contributed by atoms with E-state index in [1.54, 1.807) is 5.56 Å². The van der Waals surface area contributed by atoms with Gasteiger partial charge in [-0.1, -0.05) is 50.2 Å². The minimum Gasteiger partial charge on any atom is -0.493 e. The zero-order valence-electron chi connectivity index (χ0n) is 21.8. The van der Waals surface area contributed by atoms with Gasteiger partial charge in [0.1, 0.15) is 5.75 Å². The minimum absolute atomic E-state index is 0.486. The molecule has 1 atom stereocenters. The number of fused-ring (bicyclic) bond motifs is 1. The van der Waals surface area contributed by atoms with E-state index in [4.69, 9.17) is 4.74 Å². The van der Waals surface area contributed by atoms with Gasteiger partial charge in [0.15, 0.2) is 0 Å². The number of rotatable bonds is 5. The number of aryl methyl sites for hydroxylation is 1. The summed E-state index contributed by atoms with van der Waals surface area (Å²) in [5.41, 5.74) is 6.49. The van der Waals surface area contributed by atoms with Crippen molar-refractivity contribution in [3.05, 3.63) is 64.7 Å². The second kappa shape index (κ2) is 9.88. The molecule has 4 heteroatoms. The number of nitrogens with one attached hydrogen (secondary N) is 1. The molecule has 3 heterocycles. The lowest BCUT2D eigenvalue weighted by molar-refractivity contribution is -0.0650. The highest BCUT2D eigenvalue weighted by Crippen LogP contribution is 2.52. The predicted molar refractivity (Wildman–Crippen MR) is 143 cm³/mol. The molecule has 1 unspecified atom stereocenters. The van der Waals surface area contributed by atoms with E-state index < -0.39 is 0 Å². The van der Waals surface area contributed by atoms with Gasteiger partial charge in [0.25, 0.3) is 0 Å². The summed E-state index contributed by atoms with van der Waals surface area (Å²) >= 11 is 0. The van der Waals surface area contributed by atoms with Crippen LogP contribution in [0.5, 0.6) is 5.75 Å². The van der Waals surface area contributed by atoms with Crippen molar-refractivity contribution in [1.82, 2.24) is 15.1 Å². The van der Waals surface area contributed by atoms with Crippen molar-refractivity contribution in [3.63, 3.8) is 0 Å². The van der Waals surface area contributed by atoms with Gasteiger partial charge >= 0.3 is 0 Å². The lowest BCUT2D eigenvalue weighted by Gasteiger charge is -2.57. The highest BCUT2D eigenvalue weighted by atomic mass is 16.5. The van der Waals surface area contributed by atoms with Crippen LogP contribution in [-0.4, -0.2) is 55.2 Å². The summed E-state index contributed by atoms with van der Waals surface area (Å²) < 4.78 is 5.98. The van der Waals surface area contributed by atoms with Gasteiger partial charge in [-0.2, -0.15) is 0 Å². The van der Waals surface area contributed by atoms with Crippen molar-refractivity contribution >= 4 is 0 Å². The number of piperidine rings is 1. The second-order valence-corrected chi connectivity index (χ2v) is 12.0. The Bertz CT molecular complexity index is 1020. The van der Waals surface area contributed by atoms with E-state index in [1.165, 1.54) is 62.0 Å². The van der Waals surface area contributed by atoms with Crippen LogP contribution >= 0.6 is 0 Å². The van der Waals surface area contributed by atoms with E-state index in [0.717, 1.165) is 50.9 Å². The average molecular weight is 474 g/mol. The third-order valence-electron chi connectivity index (χ3n) is 9.34. The number of benzene rings is 2. The normalized spacial score (nSPS) is 25.3. The Morgan fingerprint density at radius 3 is 2.71 bits per heavy atom. The van der Waals surface area contributed by atoms with Crippen molar-refractivity contribution < 1.29 is 4.74 Å². The second-order valence-electron chi connectivity index (χ2n) is 12.0. The Morgan fingerprint density at radius 2 is 1.89 bits per heavy atom. The van der Waals surface area contributed by atoms with Gasteiger partial charge in [0.05, 0.1) is 6.61 Å². The molecule has 2 aromatic carbocycles. The molecule has 4 nitrogen and oxygen atoms in total. The summed E-state index contributed by atoms with van der Waals surface area (Å²) in [4.78, 5) is 5.60. The Labute approximate surface area is 212 Å². The molecule has 0 amide bonds. The summed E-state index contributed by atoms with van der Waals surface area (Å²) in [6.45, 7) is 12.5. The Morgan fingerprint density at radius 1 is 1.06 bits per heavy atom. The molecular weight excluding hydrogens is 430 g/mol. The van der Waals surface area contributed by atoms with Gasteiger partial charge in [-0.05, 0) is 91.3 Å². The van der Waals surface area contributed by atoms with Crippen LogP contribution in [0.4, 0.5) is 0 Å². The number of piperazine rings is 1. The van der Waals surface area contributed by atoms with Crippen LogP contribution in [-0.2, 0) is 13.0 Å². The zero-order valence-corrected chi connectivity index (χ0v) is 21.8. The highest BCUT2D eigenvalue weighted by molar-refractivity contribution is 5.39. The van der Waals surface area contributed by atoms with Crippen molar-refractivity contribution in [3.8, 4) is 5.75 Å². The molecule has 188 valence electrons. The van der Waals surface area contributed by atoms with Gasteiger partial charge in [-0.25, -0.2) is 0 Å². The maximum Gasteiger partial charge on any atom is 0.122 e. The maximum absolute atomic E-state index is 5.98. The van der Waals surface area contributed by atoms with E-state index in [-0.39, 0.29) is 0 Å². The smallest absolute Gasteiger partial charge is 0.122 e. The molecule has 1 aliphatic carbocycles. The Hall–Kier alpha value is -1.88. The van der Waals surface area contributed by atoms with E-state index >= 15 is 0 Å². The quantitative estimate of drug-likeness (QED) is 0.618. The van der Waals surface area contributed by atoms with Crippen LogP contribution < -0.4 is 10.1 Å². The highest BCUT2D eigenvalue weighted by Gasteiger charge is 2.49. The lowest BCUT2D eigenvalue weighted by Crippen LogP contribution is -2.59. The summed E-state index contributed by atoms with van der Waals surface area (Å²) in [7, 11) is 0. The van der Waals surface area contributed by atoms with Crippen molar-refractivity contribution in [2.75, 3.05) is 39.3 Å². The van der Waals surface area contributed by atoms with E-state index in [2.05, 4.69) is 71.4 Å². The fourth-order valence-electron chi connectivity index (χ4n) is 7.33. The van der Waals surface area contributed by atoms with E-state index in [0.29, 0.717) is 17.4 Å². The molecule has 2 aromatic rings. The van der Waals surface area contributed by atoms with Gasteiger partial charge in [0, 0.05) is 38.3 Å². The molecule has 1 saturated carbocycles. The Kier molecular flexibility index (Phi) is 6.64. The lowest BCUT2D eigenvalue weighted by atomic mass is 9.60. The summed E-state index contributed by atoms with van der Waals surface area (Å²) in [6.07, 6.45) is 7.84. The molecule has 1 spiro atoms. The number of ether oxygens (including phenoxy) is 1. The molecule has 3 fully saturated rings. The standard InChI is InChI=1S/C31H43N3O/c1-23(2)27-7-3-4-8-28(27)29-22-33(21-24-9-10-25-6-5-17-35-30(25)18-24)15-16-34(29)26-19-31(20-26)11-13-32-14-12-31/h3-4,7-10,18,23,26,29,32H,5-6,11-17,19-22H2,1-2H3. The molecular formula is C31H43N3O. The first-order chi connectivity index (χ1) is 17.1. The van der Waals surface area contributed by atoms with E-state index in [1.807, 2.05) is 0 Å². The van der Waals surface area contributed by atoms with Crippen LogP contribution in [0, 0.1) is 5.41 Å². The molecule has 35 heavy (non-hydrogen) atoms. The molecule has 2 saturated heterocycles. The summed E-state index contributed by atoms with van der Waals surface area (Å²) in [5.74, 6) is 1.68. The zero-order chi connectivity index (χ0) is 23.8. The third-order valence-corrected chi connectivity index (χ3v) is 9.34. The summed E-state index contributed by atoms with van der Waals surface area (Å²) in [6, 6.07) is 17.5. The molecule has 3 aliphatic heterocycles. The van der Waals surface area contributed by atoms with Crippen LogP contribution in [0.1, 0.15) is 80.2 Å². The fourth-order valence-corrected chi connectivity index (χ4v) is 7.33. The first-order valence-electron chi connectivity index (χ1n) is 14.1. The molecule has 6 rings (SSSR count). The number of hydrogen-bond donors (Lipinski definition) is 1. The topological polar surface area (TPSA) is 27.7 Å². The minimum atomic E-state index is 0.486. The van der Waals surface area contributed by atoms with Gasteiger partial charge in [0.2, 0.25) is 0 Å². The molecule has 0 radical (unpaired) electrons. The summed E-state index contributed by atoms with van der Waals surface area (Å²) in [5, 5.41) is 3.58. The first-order valence-corrected chi connectivity index (χ1v) is 14.1. The maximum atomic E-state index is 5.98. The first kappa shape index (κ1) is 23.5. The molecule has 0 aromatic heterocycles. The monoisotopic (exact) mass is 473 g/mol. The van der Waals surface area contributed by atoms with Gasteiger partial charge in [-0.15, -0.1) is 0 Å². The van der Waals surface area contributed by atoms with Crippen LogP contribution in [0.15, 0.2) is 42.5 Å². The van der Waals surface area contributed by atoms with Crippen LogP contribution in [0.2, 0.25) is 0 Å². The van der Waals surface area contributed by atoms with Gasteiger partial charge in [-0.3, -0.25) is 9.80 Å². The van der Waals surface area contributed by atoms with Crippen LogP contribution in [0.3, 0.4) is 0 Å². The Balaban J connectivity index is 1.22. The van der Waals surface area contributed by atoms with Gasteiger partial charge < -0.3 is 10.1 Å². The van der Waals surface area contributed by atoms with Crippen molar-refractivity contribution in [2.24, 2.45) is 5.41 Å². The third kappa shape index (κ3) is 4.77. The SMILES string of the molecule is CC(C)c1ccccc1C1CN(Cc2ccc3c(c2)OCCC3)CCN1C1CC2(CCNCC2)C1.